The molecule has 0 saturated carbocycles. The van der Waals surface area contributed by atoms with Gasteiger partial charge in [0.2, 0.25) is 10.0 Å². The standard InChI is InChI=1S/C17H19NO3S/c1-14-13-21-17(15-8-4-2-5-9-15)12-18(14)22(19,20)16-10-6-3-7-11-16/h2-11,14,17H,12-13H2,1H3. The Hall–Kier alpha value is -1.69. The van der Waals surface area contributed by atoms with Crippen LogP contribution in [0.25, 0.3) is 0 Å². The van der Waals surface area contributed by atoms with E-state index in [4.69, 9.17) is 4.74 Å². The molecule has 22 heavy (non-hydrogen) atoms. The van der Waals surface area contributed by atoms with E-state index >= 15 is 0 Å². The largest absolute Gasteiger partial charge is 0.370 e. The van der Waals surface area contributed by atoms with E-state index < -0.39 is 10.0 Å². The van der Waals surface area contributed by atoms with E-state index in [0.717, 1.165) is 5.56 Å². The minimum Gasteiger partial charge on any atom is -0.370 e. The summed E-state index contributed by atoms with van der Waals surface area (Å²) < 4.78 is 33.1. The maximum Gasteiger partial charge on any atom is 0.243 e. The predicted molar refractivity (Wildman–Crippen MR) is 84.9 cm³/mol. The summed E-state index contributed by atoms with van der Waals surface area (Å²) in [4.78, 5) is 0.329. The number of nitrogens with zero attached hydrogens (tertiary/aromatic N) is 1. The van der Waals surface area contributed by atoms with Crippen LogP contribution in [0.15, 0.2) is 65.6 Å². The van der Waals surface area contributed by atoms with Gasteiger partial charge < -0.3 is 4.74 Å². The Bertz CT molecular complexity index is 716. The van der Waals surface area contributed by atoms with E-state index in [1.54, 1.807) is 28.6 Å². The second-order valence-corrected chi connectivity index (χ2v) is 7.36. The number of benzene rings is 2. The van der Waals surface area contributed by atoms with Gasteiger partial charge >= 0.3 is 0 Å². The van der Waals surface area contributed by atoms with Gasteiger partial charge in [-0.15, -0.1) is 0 Å². The molecule has 0 radical (unpaired) electrons. The summed E-state index contributed by atoms with van der Waals surface area (Å²) in [5, 5.41) is 0. The molecule has 0 aromatic heterocycles. The molecule has 2 aromatic carbocycles. The number of hydrogen-bond donors (Lipinski definition) is 0. The normalized spacial score (nSPS) is 23.3. The highest BCUT2D eigenvalue weighted by atomic mass is 32.2. The van der Waals surface area contributed by atoms with Gasteiger partial charge in [-0.25, -0.2) is 8.42 Å². The molecule has 4 nitrogen and oxygen atoms in total. The van der Waals surface area contributed by atoms with E-state index in [2.05, 4.69) is 0 Å². The first kappa shape index (κ1) is 15.2. The van der Waals surface area contributed by atoms with Crippen molar-refractivity contribution < 1.29 is 13.2 Å². The van der Waals surface area contributed by atoms with Gasteiger partial charge in [-0.05, 0) is 24.6 Å². The lowest BCUT2D eigenvalue weighted by molar-refractivity contribution is -0.0288. The van der Waals surface area contributed by atoms with Crippen molar-refractivity contribution in [2.24, 2.45) is 0 Å². The van der Waals surface area contributed by atoms with E-state index in [1.165, 1.54) is 0 Å². The maximum atomic E-state index is 12.8. The van der Waals surface area contributed by atoms with Crippen LogP contribution in [0, 0.1) is 0 Å². The molecule has 0 amide bonds. The summed E-state index contributed by atoms with van der Waals surface area (Å²) in [6, 6.07) is 18.1. The van der Waals surface area contributed by atoms with Gasteiger partial charge in [0, 0.05) is 12.6 Å². The fourth-order valence-electron chi connectivity index (χ4n) is 2.67. The molecule has 0 N–H and O–H groups in total. The van der Waals surface area contributed by atoms with Crippen LogP contribution in [0.3, 0.4) is 0 Å². The Balaban J connectivity index is 1.89. The third-order valence-electron chi connectivity index (χ3n) is 3.90. The van der Waals surface area contributed by atoms with Crippen LogP contribution in [0.5, 0.6) is 0 Å². The third kappa shape index (κ3) is 2.92. The molecule has 1 fully saturated rings. The summed E-state index contributed by atoms with van der Waals surface area (Å²) in [6.07, 6.45) is -0.226. The van der Waals surface area contributed by atoms with E-state index in [9.17, 15) is 8.42 Å². The highest BCUT2D eigenvalue weighted by Gasteiger charge is 2.35. The average Bonchev–Trinajstić information content (AvgIpc) is 2.57. The highest BCUT2D eigenvalue weighted by molar-refractivity contribution is 7.89. The molecule has 5 heteroatoms. The molecule has 2 unspecified atom stereocenters. The van der Waals surface area contributed by atoms with Crippen LogP contribution in [0.4, 0.5) is 0 Å². The fourth-order valence-corrected chi connectivity index (χ4v) is 4.30. The first-order valence-electron chi connectivity index (χ1n) is 7.32. The fraction of sp³-hybridized carbons (Fsp3) is 0.294. The Labute approximate surface area is 131 Å². The molecule has 0 bridgehead atoms. The van der Waals surface area contributed by atoms with Crippen LogP contribution in [-0.4, -0.2) is 31.9 Å². The van der Waals surface area contributed by atoms with Crippen molar-refractivity contribution in [3.8, 4) is 0 Å². The van der Waals surface area contributed by atoms with Gasteiger partial charge in [0.1, 0.15) is 0 Å². The number of hydrogen-bond acceptors (Lipinski definition) is 3. The predicted octanol–water partition coefficient (Wildman–Crippen LogP) is 2.84. The van der Waals surface area contributed by atoms with Gasteiger partial charge in [0.25, 0.3) is 0 Å². The zero-order valence-electron chi connectivity index (χ0n) is 12.4. The van der Waals surface area contributed by atoms with E-state index in [-0.39, 0.29) is 12.1 Å². The first-order valence-corrected chi connectivity index (χ1v) is 8.76. The van der Waals surface area contributed by atoms with E-state index in [0.29, 0.717) is 18.0 Å². The number of sulfonamides is 1. The van der Waals surface area contributed by atoms with E-state index in [1.807, 2.05) is 43.3 Å². The van der Waals surface area contributed by atoms with Gasteiger partial charge in [0.15, 0.2) is 0 Å². The zero-order valence-corrected chi connectivity index (χ0v) is 13.2. The van der Waals surface area contributed by atoms with Gasteiger partial charge in [-0.2, -0.15) is 4.31 Å². The van der Waals surface area contributed by atoms with Gasteiger partial charge in [-0.1, -0.05) is 48.5 Å². The monoisotopic (exact) mass is 317 g/mol. The van der Waals surface area contributed by atoms with Crippen LogP contribution in [-0.2, 0) is 14.8 Å². The summed E-state index contributed by atoms with van der Waals surface area (Å²) >= 11 is 0. The number of morpholine rings is 1. The van der Waals surface area contributed by atoms with Crippen molar-refractivity contribution in [3.63, 3.8) is 0 Å². The van der Waals surface area contributed by atoms with Crippen LogP contribution in [0.2, 0.25) is 0 Å². The van der Waals surface area contributed by atoms with Gasteiger partial charge in [0.05, 0.1) is 17.6 Å². The molecular formula is C17H19NO3S. The summed E-state index contributed by atoms with van der Waals surface area (Å²) in [5.74, 6) is 0. The molecular weight excluding hydrogens is 298 g/mol. The molecule has 116 valence electrons. The lowest BCUT2D eigenvalue weighted by atomic mass is 10.1. The lowest BCUT2D eigenvalue weighted by Gasteiger charge is -2.37. The number of rotatable bonds is 3. The Kier molecular flexibility index (Phi) is 4.29. The Morgan fingerprint density at radius 3 is 2.23 bits per heavy atom. The topological polar surface area (TPSA) is 46.6 Å². The maximum absolute atomic E-state index is 12.8. The summed E-state index contributed by atoms with van der Waals surface area (Å²) in [5.41, 5.74) is 1.00. The van der Waals surface area contributed by atoms with Crippen molar-refractivity contribution in [1.82, 2.24) is 4.31 Å². The lowest BCUT2D eigenvalue weighted by Crippen LogP contribution is -2.48. The summed E-state index contributed by atoms with van der Waals surface area (Å²) in [7, 11) is -3.50. The average molecular weight is 317 g/mol. The second-order valence-electron chi connectivity index (χ2n) is 5.47. The second kappa shape index (κ2) is 6.20. The van der Waals surface area contributed by atoms with Crippen molar-refractivity contribution in [1.29, 1.82) is 0 Å². The Morgan fingerprint density at radius 2 is 1.59 bits per heavy atom. The highest BCUT2D eigenvalue weighted by Crippen LogP contribution is 2.29. The molecule has 1 saturated heterocycles. The molecule has 2 atom stereocenters. The van der Waals surface area contributed by atoms with Crippen LogP contribution < -0.4 is 0 Å². The first-order chi connectivity index (χ1) is 10.6. The third-order valence-corrected chi connectivity index (χ3v) is 5.89. The van der Waals surface area contributed by atoms with Crippen molar-refractivity contribution >= 4 is 10.0 Å². The Morgan fingerprint density at radius 1 is 1.00 bits per heavy atom. The minimum atomic E-state index is -3.50. The number of ether oxygens (including phenoxy) is 1. The molecule has 2 aromatic rings. The zero-order chi connectivity index (χ0) is 15.6. The smallest absolute Gasteiger partial charge is 0.243 e. The minimum absolute atomic E-state index is 0.176. The molecule has 1 heterocycles. The van der Waals surface area contributed by atoms with Crippen molar-refractivity contribution in [2.45, 2.75) is 24.0 Å². The van der Waals surface area contributed by atoms with Gasteiger partial charge in [-0.3, -0.25) is 0 Å². The summed E-state index contributed by atoms with van der Waals surface area (Å²) in [6.45, 7) is 2.61. The van der Waals surface area contributed by atoms with Crippen molar-refractivity contribution in [3.05, 3.63) is 66.2 Å². The quantitative estimate of drug-likeness (QED) is 0.874. The molecule has 1 aliphatic rings. The van der Waals surface area contributed by atoms with Crippen LogP contribution >= 0.6 is 0 Å². The van der Waals surface area contributed by atoms with Crippen LogP contribution in [0.1, 0.15) is 18.6 Å². The SMILES string of the molecule is CC1COC(c2ccccc2)CN1S(=O)(=O)c1ccccc1. The molecule has 3 rings (SSSR count). The molecule has 0 aliphatic carbocycles. The molecule has 0 spiro atoms. The van der Waals surface area contributed by atoms with Crippen molar-refractivity contribution in [2.75, 3.05) is 13.2 Å². The molecule has 1 aliphatic heterocycles.